The number of benzene rings is 1. The second kappa shape index (κ2) is 5.63. The van der Waals surface area contributed by atoms with Crippen molar-refractivity contribution in [2.45, 2.75) is 32.2 Å². The first-order valence-corrected chi connectivity index (χ1v) is 7.05. The third-order valence-corrected chi connectivity index (χ3v) is 3.90. The van der Waals surface area contributed by atoms with Gasteiger partial charge in [-0.05, 0) is 49.9 Å². The topological polar surface area (TPSA) is 39.1 Å². The van der Waals surface area contributed by atoms with Gasteiger partial charge in [0.2, 0.25) is 0 Å². The monoisotopic (exact) mass is 257 g/mol. The quantitative estimate of drug-likeness (QED) is 0.851. The van der Waals surface area contributed by atoms with E-state index in [2.05, 4.69) is 61.4 Å². The third kappa shape index (κ3) is 3.08. The van der Waals surface area contributed by atoms with Crippen molar-refractivity contribution in [3.63, 3.8) is 0 Å². The number of hydrogen-bond donors (Lipinski definition) is 1. The number of hydrogen-bond acceptors (Lipinski definition) is 3. The fraction of sp³-hybridized carbons (Fsp3) is 0.562. The maximum absolute atomic E-state index is 9.63. The summed E-state index contributed by atoms with van der Waals surface area (Å²) in [6, 6.07) is 11.0. The molecule has 0 aliphatic heterocycles. The lowest BCUT2D eigenvalue weighted by Gasteiger charge is -2.33. The van der Waals surface area contributed by atoms with Crippen LogP contribution in [-0.4, -0.2) is 25.7 Å². The van der Waals surface area contributed by atoms with Crippen molar-refractivity contribution in [3.05, 3.63) is 29.8 Å². The Morgan fingerprint density at radius 2 is 2.21 bits per heavy atom. The van der Waals surface area contributed by atoms with E-state index in [0.717, 1.165) is 13.1 Å². The number of anilines is 1. The van der Waals surface area contributed by atoms with Crippen LogP contribution in [0.4, 0.5) is 5.69 Å². The van der Waals surface area contributed by atoms with E-state index < -0.39 is 5.54 Å². The molecule has 1 atom stereocenters. The number of aryl methyl sites for hydroxylation is 1. The Kier molecular flexibility index (Phi) is 4.11. The number of nitriles is 1. The molecule has 1 aliphatic carbocycles. The van der Waals surface area contributed by atoms with Gasteiger partial charge in [-0.3, -0.25) is 5.32 Å². The van der Waals surface area contributed by atoms with Gasteiger partial charge >= 0.3 is 0 Å². The van der Waals surface area contributed by atoms with Crippen molar-refractivity contribution < 1.29 is 0 Å². The maximum atomic E-state index is 9.63. The summed E-state index contributed by atoms with van der Waals surface area (Å²) in [6.45, 7) is 5.75. The highest BCUT2D eigenvalue weighted by Crippen LogP contribution is 2.40. The summed E-state index contributed by atoms with van der Waals surface area (Å²) >= 11 is 0. The van der Waals surface area contributed by atoms with Crippen molar-refractivity contribution >= 4 is 5.69 Å². The van der Waals surface area contributed by atoms with Gasteiger partial charge < -0.3 is 4.90 Å². The van der Waals surface area contributed by atoms with E-state index in [1.807, 2.05) is 0 Å². The standard InChI is InChI=1S/C16H23N3/c1-4-18-16(11-17,14-8-9-14)12-19(3)15-7-5-6-13(2)10-15/h5-7,10,14,18H,4,8-9,12H2,1-3H3. The molecule has 1 fully saturated rings. The van der Waals surface area contributed by atoms with Gasteiger partial charge in [-0.15, -0.1) is 0 Å². The fourth-order valence-electron chi connectivity index (χ4n) is 2.72. The molecule has 0 saturated heterocycles. The van der Waals surface area contributed by atoms with Gasteiger partial charge in [0.05, 0.1) is 6.07 Å². The van der Waals surface area contributed by atoms with Crippen LogP contribution in [0.1, 0.15) is 25.3 Å². The summed E-state index contributed by atoms with van der Waals surface area (Å²) < 4.78 is 0. The van der Waals surface area contributed by atoms with Crippen LogP contribution in [0.25, 0.3) is 0 Å². The number of likely N-dealkylation sites (N-methyl/N-ethyl adjacent to an activating group) is 2. The predicted molar refractivity (Wildman–Crippen MR) is 79.2 cm³/mol. The minimum atomic E-state index is -0.396. The Bertz CT molecular complexity index is 473. The molecule has 3 heteroatoms. The van der Waals surface area contributed by atoms with E-state index in [-0.39, 0.29) is 0 Å². The smallest absolute Gasteiger partial charge is 0.127 e. The zero-order valence-corrected chi connectivity index (χ0v) is 12.1. The summed E-state index contributed by atoms with van der Waals surface area (Å²) in [4.78, 5) is 2.19. The lowest BCUT2D eigenvalue weighted by molar-refractivity contribution is 0.377. The molecule has 0 radical (unpaired) electrons. The van der Waals surface area contributed by atoms with E-state index in [1.54, 1.807) is 0 Å². The van der Waals surface area contributed by atoms with Crippen molar-refractivity contribution in [3.8, 4) is 6.07 Å². The van der Waals surface area contributed by atoms with Gasteiger partial charge in [0, 0.05) is 19.3 Å². The molecule has 3 nitrogen and oxygen atoms in total. The largest absolute Gasteiger partial charge is 0.372 e. The van der Waals surface area contributed by atoms with Crippen LogP contribution in [0.3, 0.4) is 0 Å². The van der Waals surface area contributed by atoms with Gasteiger partial charge in [0.15, 0.2) is 0 Å². The molecule has 0 heterocycles. The van der Waals surface area contributed by atoms with E-state index in [4.69, 9.17) is 0 Å². The highest BCUT2D eigenvalue weighted by molar-refractivity contribution is 5.48. The van der Waals surface area contributed by atoms with E-state index in [1.165, 1.54) is 24.1 Å². The first kappa shape index (κ1) is 13.9. The molecule has 102 valence electrons. The summed E-state index contributed by atoms with van der Waals surface area (Å²) in [5, 5.41) is 13.0. The molecule has 1 saturated carbocycles. The van der Waals surface area contributed by atoms with Crippen LogP contribution < -0.4 is 10.2 Å². The summed E-state index contributed by atoms with van der Waals surface area (Å²) in [5.41, 5.74) is 2.03. The number of nitrogens with one attached hydrogen (secondary N) is 1. The maximum Gasteiger partial charge on any atom is 0.127 e. The second-order valence-corrected chi connectivity index (χ2v) is 5.58. The van der Waals surface area contributed by atoms with Crippen LogP contribution in [0.5, 0.6) is 0 Å². The average molecular weight is 257 g/mol. The van der Waals surface area contributed by atoms with Crippen molar-refractivity contribution in [2.75, 3.05) is 25.0 Å². The minimum Gasteiger partial charge on any atom is -0.372 e. The molecule has 0 bridgehead atoms. The highest BCUT2D eigenvalue weighted by atomic mass is 15.2. The number of nitrogens with zero attached hydrogens (tertiary/aromatic N) is 2. The molecule has 0 aromatic heterocycles. The zero-order chi connectivity index (χ0) is 13.9. The van der Waals surface area contributed by atoms with Crippen LogP contribution in [0, 0.1) is 24.2 Å². The molecule has 0 amide bonds. The minimum absolute atomic E-state index is 0.396. The van der Waals surface area contributed by atoms with Crippen molar-refractivity contribution in [2.24, 2.45) is 5.92 Å². The molecule has 19 heavy (non-hydrogen) atoms. The number of rotatable bonds is 6. The Labute approximate surface area is 116 Å². The second-order valence-electron chi connectivity index (χ2n) is 5.58. The van der Waals surface area contributed by atoms with Gasteiger partial charge in [0.1, 0.15) is 5.54 Å². The first-order chi connectivity index (χ1) is 9.11. The summed E-state index contributed by atoms with van der Waals surface area (Å²) in [5.74, 6) is 0.504. The molecule has 1 aromatic carbocycles. The zero-order valence-electron chi connectivity index (χ0n) is 12.1. The predicted octanol–water partition coefficient (Wildman–Crippen LogP) is 2.71. The highest BCUT2D eigenvalue weighted by Gasteiger charge is 2.45. The van der Waals surface area contributed by atoms with Crippen LogP contribution in [0.2, 0.25) is 0 Å². The molecule has 1 unspecified atom stereocenters. The third-order valence-electron chi connectivity index (χ3n) is 3.90. The van der Waals surface area contributed by atoms with E-state index in [0.29, 0.717) is 5.92 Å². The molecular formula is C16H23N3. The van der Waals surface area contributed by atoms with Gasteiger partial charge in [-0.2, -0.15) is 5.26 Å². The lowest BCUT2D eigenvalue weighted by atomic mass is 9.94. The van der Waals surface area contributed by atoms with Gasteiger partial charge in [-0.1, -0.05) is 19.1 Å². The fourth-order valence-corrected chi connectivity index (χ4v) is 2.72. The van der Waals surface area contributed by atoms with Crippen molar-refractivity contribution in [1.82, 2.24) is 5.32 Å². The Balaban J connectivity index is 2.15. The molecular weight excluding hydrogens is 234 g/mol. The molecule has 2 rings (SSSR count). The molecule has 1 N–H and O–H groups in total. The average Bonchev–Trinajstić information content (AvgIpc) is 3.22. The summed E-state index contributed by atoms with van der Waals surface area (Å²) in [7, 11) is 2.07. The SMILES string of the molecule is CCNC(C#N)(CN(C)c1cccc(C)c1)C1CC1. The Hall–Kier alpha value is -1.53. The van der Waals surface area contributed by atoms with Gasteiger partial charge in [0.25, 0.3) is 0 Å². The van der Waals surface area contributed by atoms with E-state index >= 15 is 0 Å². The molecule has 1 aromatic rings. The van der Waals surface area contributed by atoms with Crippen LogP contribution >= 0.6 is 0 Å². The lowest BCUT2D eigenvalue weighted by Crippen LogP contribution is -2.53. The Morgan fingerprint density at radius 1 is 1.47 bits per heavy atom. The van der Waals surface area contributed by atoms with Gasteiger partial charge in [-0.25, -0.2) is 0 Å². The van der Waals surface area contributed by atoms with Crippen molar-refractivity contribution in [1.29, 1.82) is 5.26 Å². The van der Waals surface area contributed by atoms with E-state index in [9.17, 15) is 5.26 Å². The normalized spacial score (nSPS) is 17.6. The van der Waals surface area contributed by atoms with Crippen LogP contribution in [-0.2, 0) is 0 Å². The molecule has 1 aliphatic rings. The summed E-state index contributed by atoms with van der Waals surface area (Å²) in [6.07, 6.45) is 2.34. The van der Waals surface area contributed by atoms with Crippen LogP contribution in [0.15, 0.2) is 24.3 Å². The molecule has 0 spiro atoms. The Morgan fingerprint density at radius 3 is 2.74 bits per heavy atom. The first-order valence-electron chi connectivity index (χ1n) is 7.05.